The lowest BCUT2D eigenvalue weighted by Gasteiger charge is -2.11. The summed E-state index contributed by atoms with van der Waals surface area (Å²) in [5.74, 6) is -0.456. The minimum atomic E-state index is -0.609. The number of pyridine rings is 1. The lowest BCUT2D eigenvalue weighted by Crippen LogP contribution is -2.09. The Balaban J connectivity index is 0.00000116. The number of halogens is 1. The van der Waals surface area contributed by atoms with E-state index in [1.54, 1.807) is 12.1 Å². The second-order valence-corrected chi connectivity index (χ2v) is 4.93. The summed E-state index contributed by atoms with van der Waals surface area (Å²) in [7, 11) is 0. The second-order valence-electron chi connectivity index (χ2n) is 4.93. The molecule has 1 aromatic carbocycles. The van der Waals surface area contributed by atoms with Crippen molar-refractivity contribution in [3.8, 4) is 5.75 Å². The Kier molecular flexibility index (Phi) is 6.70. The van der Waals surface area contributed by atoms with Gasteiger partial charge in [0, 0.05) is 0 Å². The van der Waals surface area contributed by atoms with Gasteiger partial charge in [-0.2, -0.15) is 4.39 Å². The summed E-state index contributed by atoms with van der Waals surface area (Å²) < 4.78 is 17.8. The number of hydrogen-bond acceptors (Lipinski definition) is 3. The number of rotatable bonds is 3. The molecule has 22 heavy (non-hydrogen) atoms. The molecule has 2 rings (SSSR count). The molecule has 0 saturated carbocycles. The number of nitrogens with zero attached hydrogens (tertiary/aromatic N) is 1. The molecule has 2 aromatic rings. The highest BCUT2D eigenvalue weighted by atomic mass is 19.1. The number of carbonyl (C=O) groups is 1. The first-order chi connectivity index (χ1) is 10.5. The van der Waals surface area contributed by atoms with Crippen molar-refractivity contribution in [3.05, 3.63) is 59.2 Å². The van der Waals surface area contributed by atoms with Gasteiger partial charge in [-0.05, 0) is 48.2 Å². The van der Waals surface area contributed by atoms with E-state index >= 15 is 0 Å². The summed E-state index contributed by atoms with van der Waals surface area (Å²) in [4.78, 5) is 15.4. The zero-order chi connectivity index (χ0) is 16.7. The highest BCUT2D eigenvalue weighted by Crippen LogP contribution is 2.21. The van der Waals surface area contributed by atoms with Crippen LogP contribution in [0.2, 0.25) is 0 Å². The first kappa shape index (κ1) is 17.8. The highest BCUT2D eigenvalue weighted by molar-refractivity contribution is 5.91. The molecule has 4 heteroatoms. The Bertz CT molecular complexity index is 621. The summed E-state index contributed by atoms with van der Waals surface area (Å²) in [6, 6.07) is 7.99. The predicted octanol–water partition coefficient (Wildman–Crippen LogP) is 4.90. The Morgan fingerprint density at radius 3 is 2.36 bits per heavy atom. The van der Waals surface area contributed by atoms with Crippen LogP contribution < -0.4 is 4.74 Å². The standard InChI is InChI=1S/C16H16FNO2.C2H6/c1-10(2)14-6-4-12(8-11(14)3)16(19)20-13-5-7-15(17)18-9-13;1-2/h4-10H,1-3H3;1-2H3. The first-order valence-corrected chi connectivity index (χ1v) is 7.41. The molecule has 1 aromatic heterocycles. The van der Waals surface area contributed by atoms with Gasteiger partial charge in [-0.15, -0.1) is 0 Å². The van der Waals surface area contributed by atoms with Gasteiger partial charge in [0.2, 0.25) is 5.95 Å². The van der Waals surface area contributed by atoms with E-state index < -0.39 is 11.9 Å². The van der Waals surface area contributed by atoms with Crippen molar-refractivity contribution in [2.45, 2.75) is 40.5 Å². The van der Waals surface area contributed by atoms with Crippen LogP contribution in [-0.4, -0.2) is 11.0 Å². The fourth-order valence-electron chi connectivity index (χ4n) is 2.04. The van der Waals surface area contributed by atoms with E-state index in [4.69, 9.17) is 4.74 Å². The fourth-order valence-corrected chi connectivity index (χ4v) is 2.04. The zero-order valence-corrected chi connectivity index (χ0v) is 13.7. The molecule has 3 nitrogen and oxygen atoms in total. The molecule has 0 aliphatic rings. The third-order valence-electron chi connectivity index (χ3n) is 3.04. The highest BCUT2D eigenvalue weighted by Gasteiger charge is 2.12. The average molecular weight is 303 g/mol. The molecule has 0 aliphatic carbocycles. The minimum Gasteiger partial charge on any atom is -0.421 e. The van der Waals surface area contributed by atoms with Crippen LogP contribution in [-0.2, 0) is 0 Å². The molecule has 0 unspecified atom stereocenters. The molecule has 0 fully saturated rings. The van der Waals surface area contributed by atoms with Crippen molar-refractivity contribution in [3.63, 3.8) is 0 Å². The van der Waals surface area contributed by atoms with Gasteiger partial charge in [0.05, 0.1) is 11.8 Å². The zero-order valence-electron chi connectivity index (χ0n) is 13.7. The van der Waals surface area contributed by atoms with Gasteiger partial charge in [0.25, 0.3) is 0 Å². The molecule has 0 N–H and O–H groups in total. The number of ether oxygens (including phenoxy) is 1. The molecule has 0 saturated heterocycles. The molecule has 0 spiro atoms. The largest absolute Gasteiger partial charge is 0.421 e. The Labute approximate surface area is 131 Å². The molecule has 1 heterocycles. The molecular weight excluding hydrogens is 281 g/mol. The van der Waals surface area contributed by atoms with Gasteiger partial charge in [-0.1, -0.05) is 33.8 Å². The Morgan fingerprint density at radius 2 is 1.86 bits per heavy atom. The fraction of sp³-hybridized carbons (Fsp3) is 0.333. The molecular formula is C18H22FNO2. The number of aromatic nitrogens is 1. The van der Waals surface area contributed by atoms with E-state index in [0.717, 1.165) is 11.6 Å². The van der Waals surface area contributed by atoms with E-state index in [-0.39, 0.29) is 5.75 Å². The number of carbonyl (C=O) groups excluding carboxylic acids is 1. The smallest absolute Gasteiger partial charge is 0.343 e. The van der Waals surface area contributed by atoms with Gasteiger partial charge in [-0.3, -0.25) is 0 Å². The second kappa shape index (κ2) is 8.27. The average Bonchev–Trinajstić information content (AvgIpc) is 2.51. The van der Waals surface area contributed by atoms with Crippen molar-refractivity contribution in [2.75, 3.05) is 0 Å². The number of aryl methyl sites for hydroxylation is 1. The van der Waals surface area contributed by atoms with Gasteiger partial charge < -0.3 is 4.74 Å². The van der Waals surface area contributed by atoms with Crippen LogP contribution in [0, 0.1) is 12.9 Å². The lowest BCUT2D eigenvalue weighted by molar-refractivity contribution is 0.0733. The molecule has 0 amide bonds. The van der Waals surface area contributed by atoms with Crippen molar-refractivity contribution >= 4 is 5.97 Å². The molecule has 118 valence electrons. The SMILES string of the molecule is CC.Cc1cc(C(=O)Oc2ccc(F)nc2)ccc1C(C)C. The van der Waals surface area contributed by atoms with Crippen molar-refractivity contribution in [1.29, 1.82) is 0 Å². The molecule has 0 aliphatic heterocycles. The lowest BCUT2D eigenvalue weighted by atomic mass is 9.96. The third-order valence-corrected chi connectivity index (χ3v) is 3.04. The van der Waals surface area contributed by atoms with E-state index in [1.165, 1.54) is 17.8 Å². The van der Waals surface area contributed by atoms with Crippen molar-refractivity contribution in [1.82, 2.24) is 4.98 Å². The minimum absolute atomic E-state index is 0.224. The summed E-state index contributed by atoms with van der Waals surface area (Å²) >= 11 is 0. The van der Waals surface area contributed by atoms with Crippen LogP contribution in [0.5, 0.6) is 5.75 Å². The first-order valence-electron chi connectivity index (χ1n) is 7.41. The van der Waals surface area contributed by atoms with E-state index in [2.05, 4.69) is 18.8 Å². The van der Waals surface area contributed by atoms with E-state index in [0.29, 0.717) is 11.5 Å². The molecule has 0 bridgehead atoms. The Morgan fingerprint density at radius 1 is 1.18 bits per heavy atom. The third kappa shape index (κ3) is 4.65. The van der Waals surface area contributed by atoms with Gasteiger partial charge in [0.15, 0.2) is 0 Å². The van der Waals surface area contributed by atoms with Crippen LogP contribution >= 0.6 is 0 Å². The van der Waals surface area contributed by atoms with Crippen molar-refractivity contribution < 1.29 is 13.9 Å². The quantitative estimate of drug-likeness (QED) is 0.598. The van der Waals surface area contributed by atoms with Crippen LogP contribution in [0.4, 0.5) is 4.39 Å². The molecule has 0 atom stereocenters. The Hall–Kier alpha value is -2.23. The maximum atomic E-state index is 12.7. The van der Waals surface area contributed by atoms with Crippen LogP contribution in [0.3, 0.4) is 0 Å². The van der Waals surface area contributed by atoms with Crippen LogP contribution in [0.1, 0.15) is 55.1 Å². The van der Waals surface area contributed by atoms with Gasteiger partial charge in [0.1, 0.15) is 5.75 Å². The van der Waals surface area contributed by atoms with Gasteiger partial charge >= 0.3 is 5.97 Å². The molecule has 0 radical (unpaired) electrons. The summed E-state index contributed by atoms with van der Waals surface area (Å²) in [6.45, 7) is 10.2. The summed E-state index contributed by atoms with van der Waals surface area (Å²) in [5, 5.41) is 0. The van der Waals surface area contributed by atoms with E-state index in [9.17, 15) is 9.18 Å². The number of esters is 1. The maximum absolute atomic E-state index is 12.7. The monoisotopic (exact) mass is 303 g/mol. The summed E-state index contributed by atoms with van der Waals surface area (Å²) in [5.41, 5.74) is 2.72. The predicted molar refractivity (Wildman–Crippen MR) is 85.8 cm³/mol. The number of hydrogen-bond donors (Lipinski definition) is 0. The van der Waals surface area contributed by atoms with Gasteiger partial charge in [-0.25, -0.2) is 9.78 Å². The van der Waals surface area contributed by atoms with Crippen molar-refractivity contribution in [2.24, 2.45) is 0 Å². The maximum Gasteiger partial charge on any atom is 0.343 e. The van der Waals surface area contributed by atoms with E-state index in [1.807, 2.05) is 26.8 Å². The van der Waals surface area contributed by atoms with Crippen LogP contribution in [0.25, 0.3) is 0 Å². The normalized spacial score (nSPS) is 9.95. The van der Waals surface area contributed by atoms with Crippen LogP contribution in [0.15, 0.2) is 36.5 Å². The number of benzene rings is 1. The summed E-state index contributed by atoms with van der Waals surface area (Å²) in [6.07, 6.45) is 1.18. The topological polar surface area (TPSA) is 39.2 Å².